The highest BCUT2D eigenvalue weighted by Gasteiger charge is 2.16. The molecule has 0 aliphatic carbocycles. The Morgan fingerprint density at radius 3 is 2.23 bits per heavy atom. The first kappa shape index (κ1) is 19.0. The van der Waals surface area contributed by atoms with Gasteiger partial charge in [0.05, 0.1) is 25.6 Å². The van der Waals surface area contributed by atoms with E-state index >= 15 is 0 Å². The minimum atomic E-state index is 0.241. The molecule has 154 valence electrons. The molecule has 31 heavy (non-hydrogen) atoms. The molecule has 0 saturated heterocycles. The summed E-state index contributed by atoms with van der Waals surface area (Å²) in [5, 5.41) is 0. The molecule has 1 aliphatic heterocycles. The van der Waals surface area contributed by atoms with Gasteiger partial charge in [0.25, 0.3) is 0 Å². The first-order chi connectivity index (χ1) is 15.2. The van der Waals surface area contributed by atoms with Crippen molar-refractivity contribution in [3.8, 4) is 56.6 Å². The molecule has 5 rings (SSSR count). The van der Waals surface area contributed by atoms with Crippen LogP contribution in [-0.2, 0) is 0 Å². The fraction of sp³-hybridized carbons (Fsp3) is 0.115. The van der Waals surface area contributed by atoms with E-state index in [1.807, 2.05) is 66.7 Å². The molecule has 1 aromatic heterocycles. The second-order valence-electron chi connectivity index (χ2n) is 7.12. The van der Waals surface area contributed by atoms with E-state index < -0.39 is 0 Å². The number of aromatic nitrogens is 1. The van der Waals surface area contributed by atoms with Crippen LogP contribution in [-0.4, -0.2) is 26.0 Å². The summed E-state index contributed by atoms with van der Waals surface area (Å²) in [5.74, 6) is 3.07. The summed E-state index contributed by atoms with van der Waals surface area (Å²) in [6.07, 6.45) is 0. The molecule has 0 saturated carbocycles. The quantitative estimate of drug-likeness (QED) is 0.414. The zero-order valence-corrected chi connectivity index (χ0v) is 17.3. The molecule has 2 heterocycles. The zero-order chi connectivity index (χ0) is 21.2. The number of methoxy groups -OCH3 is 2. The molecule has 0 unspecified atom stereocenters. The summed E-state index contributed by atoms with van der Waals surface area (Å²) in [6.45, 7) is 0.241. The minimum Gasteiger partial charge on any atom is -0.497 e. The van der Waals surface area contributed by atoms with Crippen molar-refractivity contribution < 1.29 is 18.9 Å². The van der Waals surface area contributed by atoms with Crippen molar-refractivity contribution >= 4 is 0 Å². The smallest absolute Gasteiger partial charge is 0.231 e. The van der Waals surface area contributed by atoms with Crippen LogP contribution in [0.25, 0.3) is 33.6 Å². The normalized spacial score (nSPS) is 11.9. The molecule has 0 fully saturated rings. The van der Waals surface area contributed by atoms with Gasteiger partial charge in [-0.25, -0.2) is 4.98 Å². The fourth-order valence-electron chi connectivity index (χ4n) is 3.68. The third kappa shape index (κ3) is 3.66. The number of para-hydroxylation sites is 1. The van der Waals surface area contributed by atoms with Crippen LogP contribution in [0.2, 0.25) is 0 Å². The number of benzene rings is 3. The summed E-state index contributed by atoms with van der Waals surface area (Å²) in [7, 11) is 3.34. The van der Waals surface area contributed by atoms with Gasteiger partial charge in [-0.05, 0) is 65.7 Å². The van der Waals surface area contributed by atoms with Crippen molar-refractivity contribution in [3.05, 3.63) is 78.9 Å². The molecule has 0 amide bonds. The Kier molecular flexibility index (Phi) is 4.92. The molecule has 0 atom stereocenters. The second kappa shape index (κ2) is 8.03. The molecule has 5 heteroatoms. The average molecular weight is 411 g/mol. The lowest BCUT2D eigenvalue weighted by Gasteiger charge is -2.13. The number of hydrogen-bond donors (Lipinski definition) is 0. The van der Waals surface area contributed by atoms with Crippen molar-refractivity contribution in [2.75, 3.05) is 21.0 Å². The Morgan fingerprint density at radius 2 is 1.42 bits per heavy atom. The van der Waals surface area contributed by atoms with Crippen molar-refractivity contribution in [2.24, 2.45) is 0 Å². The van der Waals surface area contributed by atoms with E-state index in [1.54, 1.807) is 14.2 Å². The van der Waals surface area contributed by atoms with Crippen LogP contribution in [0.1, 0.15) is 0 Å². The van der Waals surface area contributed by atoms with Gasteiger partial charge in [-0.3, -0.25) is 0 Å². The van der Waals surface area contributed by atoms with E-state index in [-0.39, 0.29) is 6.79 Å². The Labute approximate surface area is 180 Å². The fourth-order valence-corrected chi connectivity index (χ4v) is 3.68. The number of fused-ring (bicyclic) bond motifs is 1. The Balaban J connectivity index is 1.68. The second-order valence-corrected chi connectivity index (χ2v) is 7.12. The van der Waals surface area contributed by atoms with Gasteiger partial charge in [0, 0.05) is 11.1 Å². The molecule has 0 N–H and O–H groups in total. The monoisotopic (exact) mass is 411 g/mol. The van der Waals surface area contributed by atoms with E-state index in [0.29, 0.717) is 0 Å². The molecule has 0 bridgehead atoms. The van der Waals surface area contributed by atoms with Crippen molar-refractivity contribution in [1.29, 1.82) is 0 Å². The van der Waals surface area contributed by atoms with E-state index in [0.717, 1.165) is 56.6 Å². The Bertz CT molecular complexity index is 1230. The number of hydrogen-bond acceptors (Lipinski definition) is 5. The maximum Gasteiger partial charge on any atom is 0.231 e. The highest BCUT2D eigenvalue weighted by atomic mass is 16.7. The Hall–Kier alpha value is -3.99. The summed E-state index contributed by atoms with van der Waals surface area (Å²) in [5.41, 5.74) is 5.68. The van der Waals surface area contributed by atoms with E-state index in [1.165, 1.54) is 0 Å². The predicted molar refractivity (Wildman–Crippen MR) is 120 cm³/mol. The van der Waals surface area contributed by atoms with Crippen LogP contribution in [0.3, 0.4) is 0 Å². The lowest BCUT2D eigenvalue weighted by atomic mass is 9.99. The highest BCUT2D eigenvalue weighted by molar-refractivity contribution is 5.79. The molecule has 0 spiro atoms. The van der Waals surface area contributed by atoms with Crippen LogP contribution in [0, 0.1) is 0 Å². The lowest BCUT2D eigenvalue weighted by molar-refractivity contribution is 0.174. The van der Waals surface area contributed by atoms with Gasteiger partial charge in [0.2, 0.25) is 6.79 Å². The topological polar surface area (TPSA) is 49.8 Å². The molecular weight excluding hydrogens is 390 g/mol. The van der Waals surface area contributed by atoms with Crippen molar-refractivity contribution in [3.63, 3.8) is 0 Å². The van der Waals surface area contributed by atoms with Gasteiger partial charge in [0.15, 0.2) is 11.5 Å². The molecule has 5 nitrogen and oxygen atoms in total. The third-order valence-corrected chi connectivity index (χ3v) is 5.30. The van der Waals surface area contributed by atoms with Crippen LogP contribution < -0.4 is 18.9 Å². The summed E-state index contributed by atoms with van der Waals surface area (Å²) in [4.78, 5) is 4.97. The van der Waals surface area contributed by atoms with E-state index in [4.69, 9.17) is 23.9 Å². The van der Waals surface area contributed by atoms with Crippen molar-refractivity contribution in [2.45, 2.75) is 0 Å². The number of rotatable bonds is 5. The first-order valence-corrected chi connectivity index (χ1v) is 9.95. The van der Waals surface area contributed by atoms with Gasteiger partial charge in [-0.2, -0.15) is 0 Å². The average Bonchev–Trinajstić information content (AvgIpc) is 3.32. The van der Waals surface area contributed by atoms with E-state index in [2.05, 4.69) is 12.1 Å². The van der Waals surface area contributed by atoms with Crippen LogP contribution >= 0.6 is 0 Å². The summed E-state index contributed by atoms with van der Waals surface area (Å²) < 4.78 is 21.9. The molecule has 0 radical (unpaired) electrons. The summed E-state index contributed by atoms with van der Waals surface area (Å²) >= 11 is 0. The SMILES string of the molecule is COc1ccc(-c2cc(-c3ccc4c(c3)OCO4)nc(-c3ccccc3OC)c2)cc1. The molecule has 3 aromatic carbocycles. The van der Waals surface area contributed by atoms with E-state index in [9.17, 15) is 0 Å². The van der Waals surface area contributed by atoms with Crippen molar-refractivity contribution in [1.82, 2.24) is 4.98 Å². The standard InChI is InChI=1S/C26H21NO4/c1-28-20-10-7-17(8-11-20)19-13-22(18-9-12-25-26(15-18)31-16-30-25)27-23(14-19)21-5-3-4-6-24(21)29-2/h3-15H,16H2,1-2H3. The number of ether oxygens (including phenoxy) is 4. The first-order valence-electron chi connectivity index (χ1n) is 9.95. The van der Waals surface area contributed by atoms with Gasteiger partial charge >= 0.3 is 0 Å². The lowest BCUT2D eigenvalue weighted by Crippen LogP contribution is -1.94. The summed E-state index contributed by atoms with van der Waals surface area (Å²) in [6, 6.07) is 25.9. The molecule has 1 aliphatic rings. The third-order valence-electron chi connectivity index (χ3n) is 5.30. The number of pyridine rings is 1. The minimum absolute atomic E-state index is 0.241. The molecular formula is C26H21NO4. The molecule has 4 aromatic rings. The van der Waals surface area contributed by atoms with Crippen LogP contribution in [0.4, 0.5) is 0 Å². The zero-order valence-electron chi connectivity index (χ0n) is 17.3. The largest absolute Gasteiger partial charge is 0.497 e. The number of nitrogens with zero attached hydrogens (tertiary/aromatic N) is 1. The Morgan fingerprint density at radius 1 is 0.677 bits per heavy atom. The van der Waals surface area contributed by atoms with Gasteiger partial charge < -0.3 is 18.9 Å². The van der Waals surface area contributed by atoms with Crippen LogP contribution in [0.15, 0.2) is 78.9 Å². The highest BCUT2D eigenvalue weighted by Crippen LogP contribution is 2.38. The van der Waals surface area contributed by atoms with Gasteiger partial charge in [-0.1, -0.05) is 24.3 Å². The van der Waals surface area contributed by atoms with Gasteiger partial charge in [0.1, 0.15) is 11.5 Å². The maximum absolute atomic E-state index is 5.59. The predicted octanol–water partition coefficient (Wildman–Crippen LogP) is 5.83. The maximum atomic E-state index is 5.59. The van der Waals surface area contributed by atoms with Crippen LogP contribution in [0.5, 0.6) is 23.0 Å². The van der Waals surface area contributed by atoms with Gasteiger partial charge in [-0.15, -0.1) is 0 Å².